The molecule has 3 unspecified atom stereocenters. The summed E-state index contributed by atoms with van der Waals surface area (Å²) in [4.78, 5) is 13.3. The quantitative estimate of drug-likeness (QED) is 0.830. The van der Waals surface area contributed by atoms with Crippen LogP contribution < -0.4 is 0 Å². The molecule has 1 saturated carbocycles. The van der Waals surface area contributed by atoms with Crippen molar-refractivity contribution in [3.63, 3.8) is 0 Å². The van der Waals surface area contributed by atoms with Gasteiger partial charge in [-0.3, -0.25) is 9.69 Å². The predicted molar refractivity (Wildman–Crippen MR) is 77.1 cm³/mol. The Morgan fingerprint density at radius 3 is 2.68 bits per heavy atom. The second-order valence-corrected chi connectivity index (χ2v) is 6.84. The van der Waals surface area contributed by atoms with E-state index < -0.39 is 5.97 Å². The molecule has 0 aromatic rings. The topological polar surface area (TPSA) is 40.5 Å². The van der Waals surface area contributed by atoms with Gasteiger partial charge in [0.1, 0.15) is 0 Å². The normalized spacial score (nSPS) is 32.9. The van der Waals surface area contributed by atoms with Crippen LogP contribution in [0.15, 0.2) is 0 Å². The van der Waals surface area contributed by atoms with Gasteiger partial charge in [0.25, 0.3) is 0 Å². The highest BCUT2D eigenvalue weighted by molar-refractivity contribution is 5.66. The molecular weight excluding hydrogens is 238 g/mol. The molecule has 2 aliphatic rings. The summed E-state index contributed by atoms with van der Waals surface area (Å²) in [5.74, 6) is 1.61. The van der Waals surface area contributed by atoms with E-state index in [2.05, 4.69) is 18.7 Å². The van der Waals surface area contributed by atoms with Gasteiger partial charge in [-0.1, -0.05) is 26.7 Å². The lowest BCUT2D eigenvalue weighted by Gasteiger charge is -2.40. The SMILES string of the molecule is CC(C)C1CCCCC1N1CCC(CCC(=O)O)C1. The minimum absolute atomic E-state index is 0.344. The summed E-state index contributed by atoms with van der Waals surface area (Å²) in [5, 5.41) is 8.79. The summed E-state index contributed by atoms with van der Waals surface area (Å²) in [6.45, 7) is 7.06. The van der Waals surface area contributed by atoms with E-state index >= 15 is 0 Å². The molecule has 3 heteroatoms. The maximum absolute atomic E-state index is 10.7. The van der Waals surface area contributed by atoms with Crippen molar-refractivity contribution in [2.75, 3.05) is 13.1 Å². The number of rotatable bonds is 5. The van der Waals surface area contributed by atoms with Crippen LogP contribution in [-0.2, 0) is 4.79 Å². The number of aliphatic carboxylic acids is 1. The van der Waals surface area contributed by atoms with Gasteiger partial charge in [-0.25, -0.2) is 0 Å². The molecule has 0 radical (unpaired) electrons. The highest BCUT2D eigenvalue weighted by Crippen LogP contribution is 2.36. The zero-order valence-electron chi connectivity index (χ0n) is 12.5. The average Bonchev–Trinajstić information content (AvgIpc) is 2.85. The smallest absolute Gasteiger partial charge is 0.303 e. The first-order valence-corrected chi connectivity index (χ1v) is 8.03. The van der Waals surface area contributed by atoms with Crippen LogP contribution in [0.4, 0.5) is 0 Å². The molecule has 0 aromatic carbocycles. The van der Waals surface area contributed by atoms with E-state index in [1.165, 1.54) is 38.6 Å². The molecule has 0 amide bonds. The lowest BCUT2D eigenvalue weighted by atomic mass is 9.77. The van der Waals surface area contributed by atoms with Crippen LogP contribution in [0.25, 0.3) is 0 Å². The minimum atomic E-state index is -0.642. The first-order valence-electron chi connectivity index (χ1n) is 8.03. The largest absolute Gasteiger partial charge is 0.481 e. The lowest BCUT2D eigenvalue weighted by Crippen LogP contribution is -2.43. The van der Waals surface area contributed by atoms with Gasteiger partial charge in [0.15, 0.2) is 0 Å². The van der Waals surface area contributed by atoms with Crippen molar-refractivity contribution in [3.8, 4) is 0 Å². The number of likely N-dealkylation sites (tertiary alicyclic amines) is 1. The van der Waals surface area contributed by atoms with Gasteiger partial charge in [0, 0.05) is 19.0 Å². The van der Waals surface area contributed by atoms with Crippen molar-refractivity contribution >= 4 is 5.97 Å². The third-order valence-corrected chi connectivity index (χ3v) is 5.19. The van der Waals surface area contributed by atoms with Crippen molar-refractivity contribution in [2.45, 2.75) is 64.8 Å². The molecule has 1 aliphatic carbocycles. The molecule has 0 bridgehead atoms. The van der Waals surface area contributed by atoms with E-state index in [4.69, 9.17) is 5.11 Å². The highest BCUT2D eigenvalue weighted by Gasteiger charge is 2.35. The first kappa shape index (κ1) is 14.8. The van der Waals surface area contributed by atoms with Crippen LogP contribution in [0.5, 0.6) is 0 Å². The fourth-order valence-electron chi connectivity index (χ4n) is 4.10. The molecule has 19 heavy (non-hydrogen) atoms. The summed E-state index contributed by atoms with van der Waals surface area (Å²) in [6, 6.07) is 0.767. The Bertz CT molecular complexity index is 303. The number of carboxylic acids is 1. The van der Waals surface area contributed by atoms with Crippen molar-refractivity contribution in [3.05, 3.63) is 0 Å². The fraction of sp³-hybridized carbons (Fsp3) is 0.938. The van der Waals surface area contributed by atoms with Gasteiger partial charge in [-0.15, -0.1) is 0 Å². The highest BCUT2D eigenvalue weighted by atomic mass is 16.4. The van der Waals surface area contributed by atoms with E-state index in [1.54, 1.807) is 0 Å². The molecule has 2 rings (SSSR count). The van der Waals surface area contributed by atoms with Gasteiger partial charge in [-0.05, 0) is 50.0 Å². The van der Waals surface area contributed by atoms with Gasteiger partial charge in [-0.2, -0.15) is 0 Å². The summed E-state index contributed by atoms with van der Waals surface area (Å²) in [6.07, 6.45) is 7.93. The molecule has 1 saturated heterocycles. The van der Waals surface area contributed by atoms with E-state index in [0.717, 1.165) is 30.8 Å². The Morgan fingerprint density at radius 1 is 1.26 bits per heavy atom. The van der Waals surface area contributed by atoms with E-state index in [-0.39, 0.29) is 0 Å². The molecule has 1 aliphatic heterocycles. The van der Waals surface area contributed by atoms with Gasteiger partial charge in [0.2, 0.25) is 0 Å². The maximum Gasteiger partial charge on any atom is 0.303 e. The third-order valence-electron chi connectivity index (χ3n) is 5.19. The molecule has 0 spiro atoms. The number of carbonyl (C=O) groups is 1. The monoisotopic (exact) mass is 267 g/mol. The lowest BCUT2D eigenvalue weighted by molar-refractivity contribution is -0.137. The molecule has 1 N–H and O–H groups in total. The van der Waals surface area contributed by atoms with Crippen LogP contribution in [0, 0.1) is 17.8 Å². The zero-order valence-corrected chi connectivity index (χ0v) is 12.5. The zero-order chi connectivity index (χ0) is 13.8. The number of nitrogens with zero attached hydrogens (tertiary/aromatic N) is 1. The fourth-order valence-corrected chi connectivity index (χ4v) is 4.10. The van der Waals surface area contributed by atoms with Gasteiger partial charge < -0.3 is 5.11 Å². The van der Waals surface area contributed by atoms with Gasteiger partial charge in [0.05, 0.1) is 0 Å². The average molecular weight is 267 g/mol. The Kier molecular flexibility index (Phi) is 5.26. The van der Waals surface area contributed by atoms with Crippen molar-refractivity contribution in [1.29, 1.82) is 0 Å². The van der Waals surface area contributed by atoms with Crippen molar-refractivity contribution in [1.82, 2.24) is 4.90 Å². The van der Waals surface area contributed by atoms with Crippen LogP contribution in [0.1, 0.15) is 58.8 Å². The standard InChI is InChI=1S/C16H29NO2/c1-12(2)14-5-3-4-6-15(14)17-10-9-13(11-17)7-8-16(18)19/h12-15H,3-11H2,1-2H3,(H,18,19). The minimum Gasteiger partial charge on any atom is -0.481 e. The van der Waals surface area contributed by atoms with E-state index in [1.807, 2.05) is 0 Å². The van der Waals surface area contributed by atoms with E-state index in [0.29, 0.717) is 12.3 Å². The Labute approximate surface area is 117 Å². The molecule has 1 heterocycles. The second-order valence-electron chi connectivity index (χ2n) is 6.84. The summed E-state index contributed by atoms with van der Waals surface area (Å²) in [5.41, 5.74) is 0. The Morgan fingerprint density at radius 2 is 2.00 bits per heavy atom. The first-order chi connectivity index (χ1) is 9.08. The molecule has 3 nitrogen and oxygen atoms in total. The van der Waals surface area contributed by atoms with Crippen molar-refractivity contribution < 1.29 is 9.90 Å². The van der Waals surface area contributed by atoms with E-state index in [9.17, 15) is 4.79 Å². The molecular formula is C16H29NO2. The summed E-state index contributed by atoms with van der Waals surface area (Å²) in [7, 11) is 0. The summed E-state index contributed by atoms with van der Waals surface area (Å²) < 4.78 is 0. The number of carboxylic acid groups (broad SMARTS) is 1. The van der Waals surface area contributed by atoms with Gasteiger partial charge >= 0.3 is 5.97 Å². The Balaban J connectivity index is 1.86. The molecule has 3 atom stereocenters. The van der Waals surface area contributed by atoms with Crippen molar-refractivity contribution in [2.24, 2.45) is 17.8 Å². The maximum atomic E-state index is 10.7. The predicted octanol–water partition coefficient (Wildman–Crippen LogP) is 3.39. The Hall–Kier alpha value is -0.570. The van der Waals surface area contributed by atoms with Crippen LogP contribution in [0.2, 0.25) is 0 Å². The van der Waals surface area contributed by atoms with Crippen LogP contribution >= 0.6 is 0 Å². The van der Waals surface area contributed by atoms with Crippen LogP contribution in [0.3, 0.4) is 0 Å². The second kappa shape index (κ2) is 6.74. The number of hydrogen-bond acceptors (Lipinski definition) is 2. The van der Waals surface area contributed by atoms with Crippen LogP contribution in [-0.4, -0.2) is 35.1 Å². The molecule has 2 fully saturated rings. The third kappa shape index (κ3) is 3.95. The molecule has 110 valence electrons. The number of hydrogen-bond donors (Lipinski definition) is 1. The summed E-state index contributed by atoms with van der Waals surface area (Å²) >= 11 is 0. The molecule has 0 aromatic heterocycles.